The molecule has 0 unspecified atom stereocenters. The van der Waals surface area contributed by atoms with E-state index in [0.717, 1.165) is 31.2 Å². The average Bonchev–Trinajstić information content (AvgIpc) is 2.64. The Kier molecular flexibility index (Phi) is 3.71. The van der Waals surface area contributed by atoms with Crippen LogP contribution in [0.3, 0.4) is 0 Å². The summed E-state index contributed by atoms with van der Waals surface area (Å²) in [6.07, 6.45) is 4.14. The van der Waals surface area contributed by atoms with Crippen molar-refractivity contribution in [2.45, 2.75) is 39.5 Å². The van der Waals surface area contributed by atoms with Gasteiger partial charge in [-0.05, 0) is 30.7 Å². The van der Waals surface area contributed by atoms with E-state index in [1.807, 2.05) is 0 Å². The van der Waals surface area contributed by atoms with Crippen LogP contribution in [0, 0.1) is 5.92 Å². The van der Waals surface area contributed by atoms with E-state index in [1.54, 1.807) is 0 Å². The normalized spacial score (nSPS) is 18.2. The van der Waals surface area contributed by atoms with Crippen molar-refractivity contribution < 1.29 is 9.59 Å². The number of thiophene rings is 1. The zero-order valence-electron chi connectivity index (χ0n) is 10.7. The van der Waals surface area contributed by atoms with E-state index in [4.69, 9.17) is 5.73 Å². The van der Waals surface area contributed by atoms with Gasteiger partial charge in [-0.3, -0.25) is 9.59 Å². The number of rotatable bonds is 3. The molecule has 0 aromatic carbocycles. The van der Waals surface area contributed by atoms with Crippen LogP contribution in [-0.2, 0) is 17.6 Å². The molecule has 0 aliphatic heterocycles. The van der Waals surface area contributed by atoms with Gasteiger partial charge in [0.25, 0.3) is 5.91 Å². The molecule has 3 N–H and O–H groups in total. The summed E-state index contributed by atoms with van der Waals surface area (Å²) in [5.41, 5.74) is 7.03. The molecule has 0 saturated carbocycles. The molecule has 2 amide bonds. The Balaban J connectivity index is 2.40. The number of nitrogens with two attached hydrogens (primary N) is 1. The summed E-state index contributed by atoms with van der Waals surface area (Å²) in [6, 6.07) is 0. The second-order valence-electron chi connectivity index (χ2n) is 4.77. The van der Waals surface area contributed by atoms with Crippen molar-refractivity contribution in [3.05, 3.63) is 16.0 Å². The summed E-state index contributed by atoms with van der Waals surface area (Å²) >= 11 is 1.50. The highest BCUT2D eigenvalue weighted by molar-refractivity contribution is 7.17. The van der Waals surface area contributed by atoms with Gasteiger partial charge in [0.1, 0.15) is 5.00 Å². The largest absolute Gasteiger partial charge is 0.365 e. The lowest BCUT2D eigenvalue weighted by Gasteiger charge is -2.20. The fourth-order valence-corrected chi connectivity index (χ4v) is 3.92. The molecule has 0 spiro atoms. The van der Waals surface area contributed by atoms with Gasteiger partial charge in [-0.25, -0.2) is 0 Å². The zero-order valence-corrected chi connectivity index (χ0v) is 11.5. The van der Waals surface area contributed by atoms with Gasteiger partial charge >= 0.3 is 0 Å². The van der Waals surface area contributed by atoms with Gasteiger partial charge in [0.15, 0.2) is 0 Å². The molecule has 0 bridgehead atoms. The van der Waals surface area contributed by atoms with Crippen LogP contribution in [0.15, 0.2) is 0 Å². The molecular formula is C13H18N2O2S. The van der Waals surface area contributed by atoms with E-state index in [9.17, 15) is 9.59 Å². The molecule has 0 saturated heterocycles. The number of amides is 2. The van der Waals surface area contributed by atoms with Crippen molar-refractivity contribution in [2.24, 2.45) is 11.7 Å². The van der Waals surface area contributed by atoms with Crippen LogP contribution in [0.4, 0.5) is 5.00 Å². The lowest BCUT2D eigenvalue weighted by Crippen LogP contribution is -2.19. The number of fused-ring (bicyclic) bond motifs is 1. The summed E-state index contributed by atoms with van der Waals surface area (Å²) < 4.78 is 0. The molecular weight excluding hydrogens is 248 g/mol. The van der Waals surface area contributed by atoms with Gasteiger partial charge in [0.2, 0.25) is 5.91 Å². The van der Waals surface area contributed by atoms with Gasteiger partial charge in [0, 0.05) is 11.8 Å². The Labute approximate surface area is 111 Å². The molecule has 1 aromatic rings. The molecule has 2 rings (SSSR count). The third-order valence-corrected chi connectivity index (χ3v) is 4.65. The first-order valence-electron chi connectivity index (χ1n) is 6.24. The maximum atomic E-state index is 11.6. The summed E-state index contributed by atoms with van der Waals surface area (Å²) in [5.74, 6) is 0.0800. The standard InChI is InChI=1S/C13H18N2O2S/c1-3-8-4-5-9-10(6-8)18-13(15-7(2)16)11(9)12(14)17/h8H,3-6H2,1-2H3,(H2,14,17)(H,15,16)/t8-/m1/s1. The smallest absolute Gasteiger partial charge is 0.251 e. The fraction of sp³-hybridized carbons (Fsp3) is 0.538. The molecule has 18 heavy (non-hydrogen) atoms. The summed E-state index contributed by atoms with van der Waals surface area (Å²) in [6.45, 7) is 3.63. The van der Waals surface area contributed by atoms with Crippen LogP contribution in [0.2, 0.25) is 0 Å². The molecule has 4 nitrogen and oxygen atoms in total. The highest BCUT2D eigenvalue weighted by Gasteiger charge is 2.27. The van der Waals surface area contributed by atoms with E-state index < -0.39 is 5.91 Å². The number of anilines is 1. The van der Waals surface area contributed by atoms with Gasteiger partial charge in [-0.15, -0.1) is 11.3 Å². The Hall–Kier alpha value is -1.36. The number of hydrogen-bond acceptors (Lipinski definition) is 3. The van der Waals surface area contributed by atoms with Crippen LogP contribution in [0.5, 0.6) is 0 Å². The minimum Gasteiger partial charge on any atom is -0.365 e. The van der Waals surface area contributed by atoms with Crippen LogP contribution in [0.1, 0.15) is 47.5 Å². The van der Waals surface area contributed by atoms with Crippen LogP contribution in [0.25, 0.3) is 0 Å². The van der Waals surface area contributed by atoms with Gasteiger partial charge < -0.3 is 11.1 Å². The lowest BCUT2D eigenvalue weighted by molar-refractivity contribution is -0.114. The Bertz CT molecular complexity index is 493. The molecule has 5 heteroatoms. The second-order valence-corrected chi connectivity index (χ2v) is 5.88. The number of nitrogens with one attached hydrogen (secondary N) is 1. The first kappa shape index (κ1) is 13.1. The molecule has 1 atom stereocenters. The predicted molar refractivity (Wildman–Crippen MR) is 72.9 cm³/mol. The van der Waals surface area contributed by atoms with Gasteiger partial charge in [-0.1, -0.05) is 13.3 Å². The van der Waals surface area contributed by atoms with E-state index in [2.05, 4.69) is 12.2 Å². The van der Waals surface area contributed by atoms with Crippen molar-refractivity contribution in [1.29, 1.82) is 0 Å². The predicted octanol–water partition coefficient (Wildman–Crippen LogP) is 2.32. The molecule has 0 radical (unpaired) electrons. The fourth-order valence-electron chi connectivity index (χ4n) is 2.51. The molecule has 1 aliphatic carbocycles. The third kappa shape index (κ3) is 2.41. The van der Waals surface area contributed by atoms with E-state index in [1.165, 1.54) is 23.1 Å². The maximum Gasteiger partial charge on any atom is 0.251 e. The van der Waals surface area contributed by atoms with Crippen molar-refractivity contribution in [3.8, 4) is 0 Å². The second kappa shape index (κ2) is 5.10. The zero-order chi connectivity index (χ0) is 13.3. The van der Waals surface area contributed by atoms with E-state index in [-0.39, 0.29) is 5.91 Å². The van der Waals surface area contributed by atoms with Crippen LogP contribution in [-0.4, -0.2) is 11.8 Å². The van der Waals surface area contributed by atoms with Crippen LogP contribution >= 0.6 is 11.3 Å². The number of carbonyl (C=O) groups excluding carboxylic acids is 2. The highest BCUT2D eigenvalue weighted by atomic mass is 32.1. The summed E-state index contributed by atoms with van der Waals surface area (Å²) in [4.78, 5) is 23.9. The van der Waals surface area contributed by atoms with Crippen molar-refractivity contribution in [1.82, 2.24) is 0 Å². The van der Waals surface area contributed by atoms with Crippen molar-refractivity contribution in [3.63, 3.8) is 0 Å². The number of carbonyl (C=O) groups is 2. The molecule has 98 valence electrons. The maximum absolute atomic E-state index is 11.6. The van der Waals surface area contributed by atoms with Crippen LogP contribution < -0.4 is 11.1 Å². The van der Waals surface area contributed by atoms with Gasteiger partial charge in [-0.2, -0.15) is 0 Å². The van der Waals surface area contributed by atoms with Crippen molar-refractivity contribution >= 4 is 28.2 Å². The third-order valence-electron chi connectivity index (χ3n) is 3.48. The van der Waals surface area contributed by atoms with E-state index in [0.29, 0.717) is 16.5 Å². The average molecular weight is 266 g/mol. The first-order valence-corrected chi connectivity index (χ1v) is 7.06. The first-order chi connectivity index (χ1) is 8.52. The van der Waals surface area contributed by atoms with Crippen molar-refractivity contribution in [2.75, 3.05) is 5.32 Å². The lowest BCUT2D eigenvalue weighted by atomic mass is 9.85. The minimum absolute atomic E-state index is 0.164. The summed E-state index contributed by atoms with van der Waals surface area (Å²) in [5, 5.41) is 3.35. The van der Waals surface area contributed by atoms with E-state index >= 15 is 0 Å². The molecule has 1 heterocycles. The highest BCUT2D eigenvalue weighted by Crippen LogP contribution is 2.40. The SMILES string of the molecule is CC[C@@H]1CCc2c(sc(NC(C)=O)c2C(N)=O)C1. The number of hydrogen-bond donors (Lipinski definition) is 2. The quantitative estimate of drug-likeness (QED) is 0.881. The molecule has 1 aliphatic rings. The molecule has 0 fully saturated rings. The number of primary amides is 1. The monoisotopic (exact) mass is 266 g/mol. The Morgan fingerprint density at radius 1 is 1.50 bits per heavy atom. The Morgan fingerprint density at radius 3 is 2.78 bits per heavy atom. The molecule has 1 aromatic heterocycles. The summed E-state index contributed by atoms with van der Waals surface area (Å²) in [7, 11) is 0. The van der Waals surface area contributed by atoms with Gasteiger partial charge in [0.05, 0.1) is 5.56 Å². The topological polar surface area (TPSA) is 72.2 Å². The minimum atomic E-state index is -0.439. The Morgan fingerprint density at radius 2 is 2.22 bits per heavy atom.